The molecule has 0 aliphatic rings. The van der Waals surface area contributed by atoms with Crippen LogP contribution in [0.2, 0.25) is 0 Å². The molecule has 0 atom stereocenters. The van der Waals surface area contributed by atoms with Gasteiger partial charge >= 0.3 is 0 Å². The quantitative estimate of drug-likeness (QED) is 0.744. The van der Waals surface area contributed by atoms with E-state index in [1.165, 1.54) is 5.19 Å². The normalized spacial score (nSPS) is 9.94. The smallest absolute Gasteiger partial charge is 0.121 e. The molecule has 0 N–H and O–H groups in total. The number of hydrogen-bond acceptors (Lipinski definition) is 1. The van der Waals surface area contributed by atoms with E-state index in [0.717, 1.165) is 16.5 Å². The van der Waals surface area contributed by atoms with Gasteiger partial charge in [-0.25, -0.2) is 0 Å². The van der Waals surface area contributed by atoms with E-state index < -0.39 is 0 Å². The van der Waals surface area contributed by atoms with Crippen molar-refractivity contribution < 1.29 is 4.74 Å². The van der Waals surface area contributed by atoms with Gasteiger partial charge in [0.25, 0.3) is 0 Å². The van der Waals surface area contributed by atoms with Crippen LogP contribution in [0, 0.1) is 0 Å². The summed E-state index contributed by atoms with van der Waals surface area (Å²) < 4.78 is 5.22. The summed E-state index contributed by atoms with van der Waals surface area (Å²) in [5.74, 6) is 0.876. The SMILES string of the molecule is C=C([Si]c1ccccc1)c1cccc(OC)c1. The molecular formula is C15H14OSi. The van der Waals surface area contributed by atoms with Crippen molar-refractivity contribution in [1.29, 1.82) is 0 Å². The highest BCUT2D eigenvalue weighted by molar-refractivity contribution is 6.72. The molecule has 0 amide bonds. The predicted molar refractivity (Wildman–Crippen MR) is 73.9 cm³/mol. The largest absolute Gasteiger partial charge is 0.497 e. The van der Waals surface area contributed by atoms with E-state index in [1.54, 1.807) is 7.11 Å². The average molecular weight is 238 g/mol. The van der Waals surface area contributed by atoms with Gasteiger partial charge in [0.1, 0.15) is 15.3 Å². The average Bonchev–Trinajstić information content (AvgIpc) is 2.40. The summed E-state index contributed by atoms with van der Waals surface area (Å²) in [4.78, 5) is 0. The zero-order chi connectivity index (χ0) is 12.1. The van der Waals surface area contributed by atoms with Crippen LogP contribution in [0.1, 0.15) is 5.56 Å². The Bertz CT molecular complexity index is 505. The lowest BCUT2D eigenvalue weighted by Crippen LogP contribution is -2.14. The maximum atomic E-state index is 5.22. The third-order valence-corrected chi connectivity index (χ3v) is 3.70. The number of methoxy groups -OCH3 is 1. The van der Waals surface area contributed by atoms with Gasteiger partial charge in [0.2, 0.25) is 0 Å². The van der Waals surface area contributed by atoms with Crippen LogP contribution in [0.3, 0.4) is 0 Å². The third-order valence-electron chi connectivity index (χ3n) is 2.49. The van der Waals surface area contributed by atoms with Gasteiger partial charge in [-0.15, -0.1) is 0 Å². The Hall–Kier alpha value is -1.80. The highest BCUT2D eigenvalue weighted by Crippen LogP contribution is 2.17. The summed E-state index contributed by atoms with van der Waals surface area (Å²) in [6, 6.07) is 18.4. The molecule has 1 nitrogen and oxygen atoms in total. The number of rotatable bonds is 4. The molecule has 2 rings (SSSR count). The summed E-state index contributed by atoms with van der Waals surface area (Å²) in [6.07, 6.45) is 0. The summed E-state index contributed by atoms with van der Waals surface area (Å²) in [7, 11) is 2.29. The van der Waals surface area contributed by atoms with Crippen molar-refractivity contribution in [2.24, 2.45) is 0 Å². The molecule has 84 valence electrons. The topological polar surface area (TPSA) is 9.23 Å². The molecule has 0 saturated heterocycles. The molecule has 2 radical (unpaired) electrons. The summed E-state index contributed by atoms with van der Waals surface area (Å²) in [5.41, 5.74) is 1.14. The van der Waals surface area contributed by atoms with Gasteiger partial charge in [-0.2, -0.15) is 0 Å². The Balaban J connectivity index is 2.14. The maximum Gasteiger partial charge on any atom is 0.121 e. The van der Waals surface area contributed by atoms with Crippen molar-refractivity contribution in [3.63, 3.8) is 0 Å². The lowest BCUT2D eigenvalue weighted by atomic mass is 10.2. The molecule has 0 saturated carbocycles. The van der Waals surface area contributed by atoms with Gasteiger partial charge in [-0.05, 0) is 17.7 Å². The molecule has 2 aromatic carbocycles. The van der Waals surface area contributed by atoms with E-state index in [4.69, 9.17) is 4.74 Å². The van der Waals surface area contributed by atoms with Gasteiger partial charge < -0.3 is 4.74 Å². The Morgan fingerprint density at radius 2 is 1.82 bits per heavy atom. The van der Waals surface area contributed by atoms with Crippen LogP contribution < -0.4 is 9.92 Å². The van der Waals surface area contributed by atoms with E-state index in [-0.39, 0.29) is 0 Å². The number of ether oxygens (including phenoxy) is 1. The van der Waals surface area contributed by atoms with E-state index >= 15 is 0 Å². The molecule has 0 unspecified atom stereocenters. The van der Waals surface area contributed by atoms with Crippen molar-refractivity contribution in [3.8, 4) is 5.75 Å². The van der Waals surface area contributed by atoms with Crippen LogP contribution >= 0.6 is 0 Å². The van der Waals surface area contributed by atoms with Crippen molar-refractivity contribution in [2.45, 2.75) is 0 Å². The first-order chi connectivity index (χ1) is 8.29. The van der Waals surface area contributed by atoms with E-state index in [1.807, 2.05) is 24.3 Å². The van der Waals surface area contributed by atoms with Crippen LogP contribution in [-0.4, -0.2) is 16.6 Å². The minimum atomic E-state index is 0.603. The number of benzene rings is 2. The van der Waals surface area contributed by atoms with Crippen LogP contribution in [0.15, 0.2) is 61.2 Å². The molecular weight excluding hydrogens is 224 g/mol. The van der Waals surface area contributed by atoms with Gasteiger partial charge in [-0.1, -0.05) is 59.4 Å². The summed E-state index contributed by atoms with van der Waals surface area (Å²) >= 11 is 0. The van der Waals surface area contributed by atoms with Gasteiger partial charge in [-0.3, -0.25) is 0 Å². The summed E-state index contributed by atoms with van der Waals surface area (Å²) in [5, 5.41) is 2.44. The van der Waals surface area contributed by atoms with Crippen molar-refractivity contribution in [1.82, 2.24) is 0 Å². The Morgan fingerprint density at radius 3 is 2.53 bits per heavy atom. The fraction of sp³-hybridized carbons (Fsp3) is 0.0667. The first kappa shape index (κ1) is 11.7. The molecule has 17 heavy (non-hydrogen) atoms. The zero-order valence-corrected chi connectivity index (χ0v) is 10.8. The minimum Gasteiger partial charge on any atom is -0.497 e. The molecule has 0 heterocycles. The highest BCUT2D eigenvalue weighted by Gasteiger charge is 2.03. The molecule has 0 spiro atoms. The lowest BCUT2D eigenvalue weighted by Gasteiger charge is -2.07. The predicted octanol–water partition coefficient (Wildman–Crippen LogP) is 2.70. The van der Waals surface area contributed by atoms with E-state index in [9.17, 15) is 0 Å². The minimum absolute atomic E-state index is 0.603. The monoisotopic (exact) mass is 238 g/mol. The molecule has 2 aromatic rings. The highest BCUT2D eigenvalue weighted by atomic mass is 28.2. The standard InChI is InChI=1S/C15H14OSi/c1-12(17-15-9-4-3-5-10-15)13-7-6-8-14(11-13)16-2/h3-11H,1H2,2H3. The first-order valence-electron chi connectivity index (χ1n) is 5.45. The third kappa shape index (κ3) is 3.08. The molecule has 2 heteroatoms. The van der Waals surface area contributed by atoms with Gasteiger partial charge in [0.05, 0.1) is 7.11 Å². The zero-order valence-electron chi connectivity index (χ0n) is 9.81. The Morgan fingerprint density at radius 1 is 1.06 bits per heavy atom. The second-order valence-electron chi connectivity index (χ2n) is 3.70. The van der Waals surface area contributed by atoms with Gasteiger partial charge in [0, 0.05) is 0 Å². The molecule has 0 fully saturated rings. The van der Waals surface area contributed by atoms with Crippen LogP contribution in [0.5, 0.6) is 5.75 Å². The van der Waals surface area contributed by atoms with Gasteiger partial charge in [0.15, 0.2) is 0 Å². The van der Waals surface area contributed by atoms with Crippen LogP contribution in [0.4, 0.5) is 0 Å². The second kappa shape index (κ2) is 5.50. The van der Waals surface area contributed by atoms with Crippen molar-refractivity contribution in [3.05, 3.63) is 66.7 Å². The fourth-order valence-electron chi connectivity index (χ4n) is 1.58. The molecule has 0 aliphatic carbocycles. The van der Waals surface area contributed by atoms with Crippen LogP contribution in [0.25, 0.3) is 5.20 Å². The summed E-state index contributed by atoms with van der Waals surface area (Å²) in [6.45, 7) is 4.15. The van der Waals surface area contributed by atoms with Crippen LogP contribution in [-0.2, 0) is 0 Å². The van der Waals surface area contributed by atoms with E-state index in [2.05, 4.69) is 36.9 Å². The first-order valence-corrected chi connectivity index (χ1v) is 6.45. The Labute approximate surface area is 105 Å². The number of hydrogen-bond donors (Lipinski definition) is 0. The fourth-order valence-corrected chi connectivity index (χ4v) is 2.59. The Kier molecular flexibility index (Phi) is 3.78. The van der Waals surface area contributed by atoms with Crippen molar-refractivity contribution in [2.75, 3.05) is 7.11 Å². The maximum absolute atomic E-state index is 5.22. The lowest BCUT2D eigenvalue weighted by molar-refractivity contribution is 0.414. The van der Waals surface area contributed by atoms with E-state index in [0.29, 0.717) is 9.52 Å². The van der Waals surface area contributed by atoms with Crippen molar-refractivity contribution >= 4 is 19.9 Å². The molecule has 0 aliphatic heterocycles. The molecule has 0 aromatic heterocycles. The molecule has 0 bridgehead atoms. The second-order valence-corrected chi connectivity index (χ2v) is 5.13.